The molecule has 0 heterocycles. The van der Waals surface area contributed by atoms with Crippen LogP contribution in [0.3, 0.4) is 0 Å². The molecule has 0 saturated heterocycles. The minimum atomic E-state index is -1.32. The summed E-state index contributed by atoms with van der Waals surface area (Å²) in [4.78, 5) is 53.6. The number of benzene rings is 2. The highest BCUT2D eigenvalue weighted by Crippen LogP contribution is 2.26. The normalized spacial score (nSPS) is 12.5. The van der Waals surface area contributed by atoms with Crippen LogP contribution in [-0.4, -0.2) is 54.0 Å². The lowest BCUT2D eigenvalue weighted by atomic mass is 10.0. The minimum absolute atomic E-state index is 0.216. The molecule has 4 N–H and O–H groups in total. The quantitative estimate of drug-likeness (QED) is 0.326. The Morgan fingerprint density at radius 3 is 2.15 bits per heavy atom. The van der Waals surface area contributed by atoms with Gasteiger partial charge in [-0.1, -0.05) is 50.1 Å². The molecule has 2 aromatic rings. The maximum atomic E-state index is 14.0. The van der Waals surface area contributed by atoms with Crippen molar-refractivity contribution in [2.75, 3.05) is 19.0 Å². The van der Waals surface area contributed by atoms with Gasteiger partial charge < -0.3 is 30.7 Å². The van der Waals surface area contributed by atoms with Crippen LogP contribution < -0.4 is 21.1 Å². The molecule has 2 atom stereocenters. The van der Waals surface area contributed by atoms with Crippen LogP contribution in [0.15, 0.2) is 54.6 Å². The summed E-state index contributed by atoms with van der Waals surface area (Å²) in [6, 6.07) is 13.3. The fraction of sp³-hybridized carbons (Fsp3) is 0.448. The summed E-state index contributed by atoms with van der Waals surface area (Å²) < 4.78 is 10.5. The molecular formula is C29H40N4O6. The summed E-state index contributed by atoms with van der Waals surface area (Å²) >= 11 is 0. The van der Waals surface area contributed by atoms with E-state index in [9.17, 15) is 19.2 Å². The van der Waals surface area contributed by atoms with Crippen LogP contribution in [0.25, 0.3) is 0 Å². The number of nitrogens with two attached hydrogens (primary N) is 1. The maximum absolute atomic E-state index is 14.0. The van der Waals surface area contributed by atoms with E-state index in [4.69, 9.17) is 15.2 Å². The van der Waals surface area contributed by atoms with Crippen LogP contribution in [0.2, 0.25) is 0 Å². The van der Waals surface area contributed by atoms with Crippen LogP contribution in [0.4, 0.5) is 10.5 Å². The number of hydrogen-bond donors (Lipinski definition) is 3. The number of ether oxygens (including phenoxy) is 2. The first-order chi connectivity index (χ1) is 18.4. The molecule has 0 spiro atoms. The third kappa shape index (κ3) is 10.3. The molecule has 39 heavy (non-hydrogen) atoms. The lowest BCUT2D eigenvalue weighted by molar-refractivity contribution is -0.142. The lowest BCUT2D eigenvalue weighted by Crippen LogP contribution is -2.53. The molecule has 10 heteroatoms. The van der Waals surface area contributed by atoms with Gasteiger partial charge in [-0.3, -0.25) is 14.4 Å². The molecule has 4 amide bonds. The Morgan fingerprint density at radius 1 is 0.974 bits per heavy atom. The Hall–Kier alpha value is -4.08. The average Bonchev–Trinajstić information content (AvgIpc) is 2.87. The Balaban J connectivity index is 2.48. The highest BCUT2D eigenvalue weighted by molar-refractivity contribution is 5.99. The number of unbranched alkanes of at least 4 members (excludes halogenated alkanes) is 2. The van der Waals surface area contributed by atoms with E-state index >= 15 is 0 Å². The van der Waals surface area contributed by atoms with Gasteiger partial charge in [-0.25, -0.2) is 4.79 Å². The van der Waals surface area contributed by atoms with Crippen molar-refractivity contribution < 1.29 is 28.7 Å². The maximum Gasteiger partial charge on any atom is 0.408 e. The first-order valence-corrected chi connectivity index (χ1v) is 13.0. The van der Waals surface area contributed by atoms with Crippen molar-refractivity contribution in [3.05, 3.63) is 60.2 Å². The average molecular weight is 541 g/mol. The van der Waals surface area contributed by atoms with Crippen LogP contribution >= 0.6 is 0 Å². The molecule has 2 aromatic carbocycles. The second-order valence-corrected chi connectivity index (χ2v) is 10.1. The van der Waals surface area contributed by atoms with Gasteiger partial charge in [0.2, 0.25) is 11.8 Å². The second kappa shape index (κ2) is 14.8. The molecule has 2 rings (SSSR count). The van der Waals surface area contributed by atoms with E-state index < -0.39 is 47.9 Å². The van der Waals surface area contributed by atoms with Crippen LogP contribution in [0.1, 0.15) is 65.0 Å². The van der Waals surface area contributed by atoms with E-state index in [0.29, 0.717) is 23.4 Å². The topological polar surface area (TPSA) is 140 Å². The Bertz CT molecular complexity index is 1100. The molecule has 0 aliphatic heterocycles. The number of amides is 4. The Labute approximate surface area is 230 Å². The predicted molar refractivity (Wildman–Crippen MR) is 149 cm³/mol. The van der Waals surface area contributed by atoms with Crippen molar-refractivity contribution in [3.63, 3.8) is 0 Å². The number of anilines is 1. The fourth-order valence-corrected chi connectivity index (χ4v) is 3.94. The zero-order valence-electron chi connectivity index (χ0n) is 23.4. The molecule has 0 aromatic heterocycles. The molecule has 0 radical (unpaired) electrons. The SMILES string of the molecule is CCCCCN(C(=O)C(CC(N)=O)NC(=O)OC(C)(C)C)C(C(=O)Nc1ccc(OC)cc1)c1ccccc1. The number of carbonyl (C=O) groups is 4. The van der Waals surface area contributed by atoms with Crippen LogP contribution in [-0.2, 0) is 19.1 Å². The van der Waals surface area contributed by atoms with Gasteiger partial charge in [0.1, 0.15) is 23.4 Å². The van der Waals surface area contributed by atoms with Crippen molar-refractivity contribution >= 4 is 29.5 Å². The smallest absolute Gasteiger partial charge is 0.408 e. The predicted octanol–water partition coefficient (Wildman–Crippen LogP) is 4.16. The van der Waals surface area contributed by atoms with Crippen molar-refractivity contribution in [1.29, 1.82) is 0 Å². The van der Waals surface area contributed by atoms with E-state index in [-0.39, 0.29) is 6.54 Å². The number of methoxy groups -OCH3 is 1. The van der Waals surface area contributed by atoms with E-state index in [1.807, 2.05) is 13.0 Å². The van der Waals surface area contributed by atoms with Gasteiger partial charge in [-0.15, -0.1) is 0 Å². The number of hydrogen-bond acceptors (Lipinski definition) is 6. The molecule has 2 unspecified atom stereocenters. The standard InChI is InChI=1S/C29H40N4O6/c1-6-7-11-18-33(27(36)23(19-24(30)34)32-28(37)39-29(2,3)4)25(20-12-9-8-10-13-20)26(35)31-21-14-16-22(38-5)17-15-21/h8-10,12-17,23,25H,6-7,11,18-19H2,1-5H3,(H2,30,34)(H,31,35)(H,32,37). The monoisotopic (exact) mass is 540 g/mol. The first kappa shape index (κ1) is 31.1. The van der Waals surface area contributed by atoms with Gasteiger partial charge in [0.15, 0.2) is 0 Å². The van der Waals surface area contributed by atoms with Crippen molar-refractivity contribution in [2.45, 2.75) is 71.1 Å². The number of primary amides is 1. The summed E-state index contributed by atoms with van der Waals surface area (Å²) in [5, 5.41) is 5.36. The zero-order valence-corrected chi connectivity index (χ0v) is 23.4. The lowest BCUT2D eigenvalue weighted by Gasteiger charge is -2.34. The highest BCUT2D eigenvalue weighted by atomic mass is 16.6. The fourth-order valence-electron chi connectivity index (χ4n) is 3.94. The van der Waals surface area contributed by atoms with E-state index in [1.165, 1.54) is 4.90 Å². The van der Waals surface area contributed by atoms with Crippen molar-refractivity contribution in [2.24, 2.45) is 5.73 Å². The zero-order chi connectivity index (χ0) is 29.0. The van der Waals surface area contributed by atoms with Gasteiger partial charge >= 0.3 is 6.09 Å². The molecule has 0 saturated carbocycles. The van der Waals surface area contributed by atoms with Gasteiger partial charge in [-0.05, 0) is 57.0 Å². The van der Waals surface area contributed by atoms with E-state index in [0.717, 1.165) is 12.8 Å². The second-order valence-electron chi connectivity index (χ2n) is 10.1. The van der Waals surface area contributed by atoms with E-state index in [1.54, 1.807) is 76.4 Å². The minimum Gasteiger partial charge on any atom is -0.497 e. The number of rotatable bonds is 13. The van der Waals surface area contributed by atoms with Gasteiger partial charge in [-0.2, -0.15) is 0 Å². The summed E-state index contributed by atoms with van der Waals surface area (Å²) in [5.74, 6) is -1.22. The van der Waals surface area contributed by atoms with Gasteiger partial charge in [0, 0.05) is 12.2 Å². The first-order valence-electron chi connectivity index (χ1n) is 13.0. The summed E-state index contributed by atoms with van der Waals surface area (Å²) in [6.45, 7) is 7.29. The molecule has 0 aliphatic rings. The van der Waals surface area contributed by atoms with Gasteiger partial charge in [0.05, 0.1) is 13.5 Å². The Morgan fingerprint density at radius 2 is 1.62 bits per heavy atom. The molecule has 212 valence electrons. The Kier molecular flexibility index (Phi) is 11.8. The molecule has 0 bridgehead atoms. The van der Waals surface area contributed by atoms with Crippen LogP contribution in [0.5, 0.6) is 5.75 Å². The number of carbonyl (C=O) groups excluding carboxylic acids is 4. The number of alkyl carbamates (subject to hydrolysis) is 1. The molecule has 0 aliphatic carbocycles. The third-order valence-corrected chi connectivity index (χ3v) is 5.71. The summed E-state index contributed by atoms with van der Waals surface area (Å²) in [7, 11) is 1.55. The molecule has 0 fully saturated rings. The summed E-state index contributed by atoms with van der Waals surface area (Å²) in [5.41, 5.74) is 5.70. The van der Waals surface area contributed by atoms with Crippen LogP contribution in [0, 0.1) is 0 Å². The van der Waals surface area contributed by atoms with E-state index in [2.05, 4.69) is 10.6 Å². The summed E-state index contributed by atoms with van der Waals surface area (Å²) in [6.07, 6.45) is 0.984. The third-order valence-electron chi connectivity index (χ3n) is 5.71. The number of nitrogens with one attached hydrogen (secondary N) is 2. The van der Waals surface area contributed by atoms with Crippen molar-refractivity contribution in [1.82, 2.24) is 10.2 Å². The molecular weight excluding hydrogens is 500 g/mol. The van der Waals surface area contributed by atoms with Gasteiger partial charge in [0.25, 0.3) is 5.91 Å². The van der Waals surface area contributed by atoms with Crippen molar-refractivity contribution in [3.8, 4) is 5.75 Å². The highest BCUT2D eigenvalue weighted by Gasteiger charge is 2.36. The largest absolute Gasteiger partial charge is 0.497 e. The number of nitrogens with zero attached hydrogens (tertiary/aromatic N) is 1. The molecule has 10 nitrogen and oxygen atoms in total.